The third-order valence-corrected chi connectivity index (χ3v) is 5.35. The fourth-order valence-corrected chi connectivity index (χ4v) is 3.31. The number of azo groups is 1. The van der Waals surface area contributed by atoms with Crippen molar-refractivity contribution < 1.29 is 0 Å². The predicted octanol–water partition coefficient (Wildman–Crippen LogP) is 9.04. The molecule has 0 aliphatic heterocycles. The molecule has 0 spiro atoms. The fraction of sp³-hybridized carbons (Fsp3) is 0.455. The van der Waals surface area contributed by atoms with Crippen LogP contribution in [-0.2, 0) is 0 Å². The molecule has 2 atom stereocenters. The lowest BCUT2D eigenvalue weighted by molar-refractivity contribution is 0.701. The molecule has 0 N–H and O–H groups in total. The van der Waals surface area contributed by atoms with E-state index >= 15 is 0 Å². The molecule has 0 bridgehead atoms. The van der Waals surface area contributed by atoms with Gasteiger partial charge >= 0.3 is 0 Å². The summed E-state index contributed by atoms with van der Waals surface area (Å²) in [6.45, 7) is 4.36. The van der Waals surface area contributed by atoms with E-state index in [-0.39, 0.29) is 10.8 Å². The van der Waals surface area contributed by atoms with Gasteiger partial charge in [-0.2, -0.15) is 10.2 Å². The van der Waals surface area contributed by atoms with Crippen LogP contribution in [0.1, 0.15) is 74.3 Å². The minimum atomic E-state index is 0.0738. The fourth-order valence-electron chi connectivity index (χ4n) is 2.72. The summed E-state index contributed by atoms with van der Waals surface area (Å²) in [5.41, 5.74) is 3.94. The van der Waals surface area contributed by atoms with Crippen molar-refractivity contribution in [1.29, 1.82) is 0 Å². The molecule has 140 valence electrons. The van der Waals surface area contributed by atoms with Gasteiger partial charge < -0.3 is 0 Å². The zero-order valence-corrected chi connectivity index (χ0v) is 17.2. The number of rotatable bonds is 10. The highest BCUT2D eigenvalue weighted by molar-refractivity contribution is 6.21. The lowest BCUT2D eigenvalue weighted by Crippen LogP contribution is -1.89. The summed E-state index contributed by atoms with van der Waals surface area (Å²) >= 11 is 12.8. The molecule has 0 aliphatic carbocycles. The molecule has 2 aromatic rings. The molecule has 0 aliphatic rings. The van der Waals surface area contributed by atoms with Gasteiger partial charge in [-0.1, -0.05) is 63.8 Å². The quantitative estimate of drug-likeness (QED) is 0.285. The first-order valence-electron chi connectivity index (χ1n) is 9.53. The maximum atomic E-state index is 6.42. The molecule has 4 heteroatoms. The first kappa shape index (κ1) is 20.9. The number of benzene rings is 2. The first-order chi connectivity index (χ1) is 12.6. The Labute approximate surface area is 167 Å². The Bertz CT molecular complexity index is 606. The third-order valence-electron chi connectivity index (χ3n) is 4.41. The normalized spacial score (nSPS) is 13.8. The van der Waals surface area contributed by atoms with Gasteiger partial charge in [-0.15, -0.1) is 23.2 Å². The van der Waals surface area contributed by atoms with Crippen molar-refractivity contribution >= 4 is 34.6 Å². The van der Waals surface area contributed by atoms with E-state index < -0.39 is 0 Å². The van der Waals surface area contributed by atoms with Crippen LogP contribution in [0.3, 0.4) is 0 Å². The Balaban J connectivity index is 1.94. The van der Waals surface area contributed by atoms with E-state index in [2.05, 4.69) is 24.1 Å². The maximum absolute atomic E-state index is 6.42. The lowest BCUT2D eigenvalue weighted by Gasteiger charge is -2.09. The molecule has 0 radical (unpaired) electrons. The summed E-state index contributed by atoms with van der Waals surface area (Å²) in [5, 5.41) is 8.77. The largest absolute Gasteiger partial charge is 0.151 e. The number of alkyl halides is 2. The third kappa shape index (κ3) is 6.74. The molecule has 0 amide bonds. The number of halogens is 2. The van der Waals surface area contributed by atoms with Gasteiger partial charge in [0.1, 0.15) is 0 Å². The van der Waals surface area contributed by atoms with Crippen molar-refractivity contribution in [1.82, 2.24) is 0 Å². The predicted molar refractivity (Wildman–Crippen MR) is 113 cm³/mol. The van der Waals surface area contributed by atoms with Crippen LogP contribution >= 0.6 is 23.2 Å². The van der Waals surface area contributed by atoms with E-state index in [1.54, 1.807) is 0 Å². The van der Waals surface area contributed by atoms with Crippen LogP contribution in [-0.4, -0.2) is 0 Å². The SMILES string of the molecule is CCCCC(Cl)c1ccc(N=Nc2ccc(C(Cl)CCCC)cc2)cc1. The molecule has 2 rings (SSSR count). The molecule has 0 fully saturated rings. The van der Waals surface area contributed by atoms with E-state index in [1.807, 2.05) is 48.5 Å². The number of unbranched alkanes of at least 4 members (excludes halogenated alkanes) is 2. The molecule has 2 nitrogen and oxygen atoms in total. The molecule has 0 aromatic heterocycles. The van der Waals surface area contributed by atoms with Gasteiger partial charge in [0.05, 0.1) is 22.1 Å². The van der Waals surface area contributed by atoms with Crippen molar-refractivity contribution in [2.75, 3.05) is 0 Å². The molecule has 0 saturated carbocycles. The molecular formula is C22H28Cl2N2. The van der Waals surface area contributed by atoms with Gasteiger partial charge in [0.15, 0.2) is 0 Å². The highest BCUT2D eigenvalue weighted by atomic mass is 35.5. The lowest BCUT2D eigenvalue weighted by atomic mass is 10.1. The van der Waals surface area contributed by atoms with Crippen LogP contribution in [0.25, 0.3) is 0 Å². The zero-order valence-electron chi connectivity index (χ0n) is 15.7. The summed E-state index contributed by atoms with van der Waals surface area (Å²) in [6, 6.07) is 16.0. The van der Waals surface area contributed by atoms with E-state index in [0.717, 1.165) is 61.0 Å². The van der Waals surface area contributed by atoms with Crippen LogP contribution in [0.15, 0.2) is 58.8 Å². The van der Waals surface area contributed by atoms with Gasteiger partial charge in [0.25, 0.3) is 0 Å². The summed E-state index contributed by atoms with van der Waals surface area (Å²) < 4.78 is 0. The summed E-state index contributed by atoms with van der Waals surface area (Å²) in [7, 11) is 0. The van der Waals surface area contributed by atoms with E-state index in [1.165, 1.54) is 0 Å². The van der Waals surface area contributed by atoms with E-state index in [4.69, 9.17) is 23.2 Å². The minimum absolute atomic E-state index is 0.0738. The van der Waals surface area contributed by atoms with Gasteiger partial charge in [-0.3, -0.25) is 0 Å². The molecule has 0 heterocycles. The summed E-state index contributed by atoms with van der Waals surface area (Å²) in [6.07, 6.45) is 6.63. The van der Waals surface area contributed by atoms with Crippen molar-refractivity contribution in [3.8, 4) is 0 Å². The monoisotopic (exact) mass is 390 g/mol. The topological polar surface area (TPSA) is 24.7 Å². The summed E-state index contributed by atoms with van der Waals surface area (Å²) in [4.78, 5) is 0. The van der Waals surface area contributed by atoms with Gasteiger partial charge in [-0.25, -0.2) is 0 Å². The second kappa shape index (κ2) is 11.4. The van der Waals surface area contributed by atoms with E-state index in [0.29, 0.717) is 0 Å². The van der Waals surface area contributed by atoms with Crippen LogP contribution < -0.4 is 0 Å². The Morgan fingerprint density at radius 2 is 1.00 bits per heavy atom. The summed E-state index contributed by atoms with van der Waals surface area (Å²) in [5.74, 6) is 0. The van der Waals surface area contributed by atoms with Crippen molar-refractivity contribution in [3.63, 3.8) is 0 Å². The van der Waals surface area contributed by atoms with Crippen LogP contribution in [0.2, 0.25) is 0 Å². The number of nitrogens with zero attached hydrogens (tertiary/aromatic N) is 2. The number of hydrogen-bond donors (Lipinski definition) is 0. The molecule has 26 heavy (non-hydrogen) atoms. The Kier molecular flexibility index (Phi) is 9.14. The van der Waals surface area contributed by atoms with Crippen molar-refractivity contribution in [3.05, 3.63) is 59.7 Å². The second-order valence-electron chi connectivity index (χ2n) is 6.60. The molecule has 0 saturated heterocycles. The molecule has 2 aromatic carbocycles. The Morgan fingerprint density at radius 3 is 1.31 bits per heavy atom. The molecule has 2 unspecified atom stereocenters. The second-order valence-corrected chi connectivity index (χ2v) is 7.66. The Morgan fingerprint density at radius 1 is 0.654 bits per heavy atom. The Hall–Kier alpha value is -1.38. The zero-order chi connectivity index (χ0) is 18.8. The first-order valence-corrected chi connectivity index (χ1v) is 10.4. The maximum Gasteiger partial charge on any atom is 0.0857 e. The highest BCUT2D eigenvalue weighted by Crippen LogP contribution is 2.30. The number of hydrogen-bond acceptors (Lipinski definition) is 2. The van der Waals surface area contributed by atoms with Crippen molar-refractivity contribution in [2.24, 2.45) is 10.2 Å². The van der Waals surface area contributed by atoms with Crippen LogP contribution in [0.5, 0.6) is 0 Å². The van der Waals surface area contributed by atoms with Crippen LogP contribution in [0.4, 0.5) is 11.4 Å². The average molecular weight is 391 g/mol. The smallest absolute Gasteiger partial charge is 0.0857 e. The van der Waals surface area contributed by atoms with Crippen molar-refractivity contribution in [2.45, 2.75) is 63.1 Å². The standard InChI is InChI=1S/C22H28Cl2N2/c1-3-5-7-21(23)17-9-13-19(14-10-17)25-26-20-15-11-18(12-16-20)22(24)8-6-4-2/h9-16,21-22H,3-8H2,1-2H3. The highest BCUT2D eigenvalue weighted by Gasteiger charge is 2.08. The molecular weight excluding hydrogens is 363 g/mol. The van der Waals surface area contributed by atoms with Gasteiger partial charge in [0, 0.05) is 0 Å². The van der Waals surface area contributed by atoms with E-state index in [9.17, 15) is 0 Å². The van der Waals surface area contributed by atoms with Gasteiger partial charge in [-0.05, 0) is 48.2 Å². The van der Waals surface area contributed by atoms with Gasteiger partial charge in [0.2, 0.25) is 0 Å². The minimum Gasteiger partial charge on any atom is -0.151 e. The van der Waals surface area contributed by atoms with Crippen LogP contribution in [0, 0.1) is 0 Å². The average Bonchev–Trinajstić information content (AvgIpc) is 2.69.